The van der Waals surface area contributed by atoms with Gasteiger partial charge >= 0.3 is 12.3 Å². The number of carbonyl (C=O) groups excluding carboxylic acids is 1. The van der Waals surface area contributed by atoms with Crippen molar-refractivity contribution in [2.75, 3.05) is 13.2 Å². The van der Waals surface area contributed by atoms with Crippen LogP contribution in [0.5, 0.6) is 0 Å². The molecule has 1 aromatic rings. The molecule has 0 saturated carbocycles. The second kappa shape index (κ2) is 7.31. The fourth-order valence-electron chi connectivity index (χ4n) is 2.94. The van der Waals surface area contributed by atoms with Crippen LogP contribution in [0.2, 0.25) is 0 Å². The molecular formula is C17H22F3NO5S. The van der Waals surface area contributed by atoms with E-state index in [4.69, 9.17) is 4.74 Å². The molecule has 6 nitrogen and oxygen atoms in total. The van der Waals surface area contributed by atoms with Crippen LogP contribution < -0.4 is 0 Å². The number of likely N-dealkylation sites (tertiary alicyclic amines) is 1. The average Bonchev–Trinajstić information content (AvgIpc) is 2.97. The number of amides is 1. The lowest BCUT2D eigenvalue weighted by Gasteiger charge is -2.27. The molecule has 1 aromatic carbocycles. The first kappa shape index (κ1) is 21.5. The minimum atomic E-state index is -4.83. The van der Waals surface area contributed by atoms with Crippen LogP contribution in [0.1, 0.15) is 32.8 Å². The predicted octanol–water partition coefficient (Wildman–Crippen LogP) is 2.85. The van der Waals surface area contributed by atoms with Crippen molar-refractivity contribution in [1.82, 2.24) is 4.90 Å². The fraction of sp³-hybridized carbons (Fsp3) is 0.588. The molecule has 0 bridgehead atoms. The maximum atomic E-state index is 13.2. The summed E-state index contributed by atoms with van der Waals surface area (Å²) in [5.41, 5.74) is -2.09. The topological polar surface area (TPSA) is 83.9 Å². The van der Waals surface area contributed by atoms with Gasteiger partial charge in [0, 0.05) is 6.54 Å². The van der Waals surface area contributed by atoms with E-state index in [2.05, 4.69) is 0 Å². The van der Waals surface area contributed by atoms with Crippen molar-refractivity contribution < 1.29 is 36.2 Å². The number of aliphatic hydroxyl groups excluding tert-OH is 1. The van der Waals surface area contributed by atoms with Crippen LogP contribution in [-0.4, -0.2) is 54.6 Å². The highest BCUT2D eigenvalue weighted by Gasteiger charge is 2.46. The third kappa shape index (κ3) is 4.73. The molecule has 0 spiro atoms. The molecule has 1 N–H and O–H groups in total. The number of carbonyl (C=O) groups is 1. The second-order valence-corrected chi connectivity index (χ2v) is 9.56. The Labute approximate surface area is 155 Å². The summed E-state index contributed by atoms with van der Waals surface area (Å²) in [6.07, 6.45) is -5.82. The van der Waals surface area contributed by atoms with Crippen LogP contribution >= 0.6 is 0 Å². The number of ether oxygens (including phenoxy) is 1. The molecule has 1 heterocycles. The van der Waals surface area contributed by atoms with Crippen molar-refractivity contribution >= 4 is 15.9 Å². The molecular weight excluding hydrogens is 387 g/mol. The van der Waals surface area contributed by atoms with Gasteiger partial charge in [0.25, 0.3) is 0 Å². The van der Waals surface area contributed by atoms with Gasteiger partial charge in [0.1, 0.15) is 5.60 Å². The SMILES string of the molecule is CC(C)(C)OC(=O)N1C[C@@H](S(=O)(=O)c2ccccc2C(F)(F)F)C[C@@H]1CO. The molecule has 0 aromatic heterocycles. The summed E-state index contributed by atoms with van der Waals surface area (Å²) >= 11 is 0. The van der Waals surface area contributed by atoms with E-state index in [-0.39, 0.29) is 13.0 Å². The van der Waals surface area contributed by atoms with Gasteiger partial charge in [0.2, 0.25) is 0 Å². The van der Waals surface area contributed by atoms with E-state index in [1.54, 1.807) is 20.8 Å². The van der Waals surface area contributed by atoms with E-state index in [0.717, 1.165) is 17.0 Å². The number of nitrogens with zero attached hydrogens (tertiary/aromatic N) is 1. The Kier molecular flexibility index (Phi) is 5.82. The minimum absolute atomic E-state index is 0.176. The van der Waals surface area contributed by atoms with Crippen LogP contribution in [0.25, 0.3) is 0 Å². The highest BCUT2D eigenvalue weighted by molar-refractivity contribution is 7.92. The van der Waals surface area contributed by atoms with Gasteiger partial charge in [-0.15, -0.1) is 0 Å². The van der Waals surface area contributed by atoms with E-state index in [1.165, 1.54) is 6.07 Å². The van der Waals surface area contributed by atoms with Gasteiger partial charge in [-0.05, 0) is 39.3 Å². The zero-order valence-corrected chi connectivity index (χ0v) is 16.0. The summed E-state index contributed by atoms with van der Waals surface area (Å²) in [5, 5.41) is 8.22. The zero-order valence-electron chi connectivity index (χ0n) is 15.2. The fourth-order valence-corrected chi connectivity index (χ4v) is 4.89. The summed E-state index contributed by atoms with van der Waals surface area (Å²) in [4.78, 5) is 12.5. The van der Waals surface area contributed by atoms with Crippen molar-refractivity contribution in [1.29, 1.82) is 0 Å². The van der Waals surface area contributed by atoms with Gasteiger partial charge in [0.05, 0.1) is 28.4 Å². The van der Waals surface area contributed by atoms with Crippen LogP contribution in [-0.2, 0) is 20.8 Å². The number of alkyl halides is 3. The van der Waals surface area contributed by atoms with Crippen LogP contribution in [0.3, 0.4) is 0 Å². The number of hydrogen-bond donors (Lipinski definition) is 1. The smallest absolute Gasteiger partial charge is 0.417 e. The Morgan fingerprint density at radius 1 is 1.26 bits per heavy atom. The lowest BCUT2D eigenvalue weighted by atomic mass is 10.2. The van der Waals surface area contributed by atoms with E-state index >= 15 is 0 Å². The molecule has 0 unspecified atom stereocenters. The average molecular weight is 409 g/mol. The van der Waals surface area contributed by atoms with Crippen molar-refractivity contribution in [2.24, 2.45) is 0 Å². The number of aliphatic hydroxyl groups is 1. The van der Waals surface area contributed by atoms with Crippen LogP contribution in [0.4, 0.5) is 18.0 Å². The summed E-state index contributed by atoms with van der Waals surface area (Å²) in [5.74, 6) is 0. The highest BCUT2D eigenvalue weighted by atomic mass is 32.2. The minimum Gasteiger partial charge on any atom is -0.444 e. The van der Waals surface area contributed by atoms with Gasteiger partial charge in [-0.25, -0.2) is 13.2 Å². The molecule has 27 heavy (non-hydrogen) atoms. The molecule has 1 aliphatic rings. The normalized spacial score (nSPS) is 21.4. The lowest BCUT2D eigenvalue weighted by molar-refractivity contribution is -0.139. The first-order chi connectivity index (χ1) is 12.3. The highest BCUT2D eigenvalue weighted by Crippen LogP contribution is 2.37. The first-order valence-electron chi connectivity index (χ1n) is 8.28. The quantitative estimate of drug-likeness (QED) is 0.830. The van der Waals surface area contributed by atoms with Crippen molar-refractivity contribution in [2.45, 2.75) is 55.2 Å². The summed E-state index contributed by atoms with van der Waals surface area (Å²) < 4.78 is 70.5. The predicted molar refractivity (Wildman–Crippen MR) is 90.8 cm³/mol. The molecule has 1 fully saturated rings. The number of halogens is 3. The van der Waals surface area contributed by atoms with Crippen molar-refractivity contribution in [3.63, 3.8) is 0 Å². The monoisotopic (exact) mass is 409 g/mol. The van der Waals surface area contributed by atoms with Gasteiger partial charge in [-0.2, -0.15) is 13.2 Å². The molecule has 1 amide bonds. The molecule has 10 heteroatoms. The molecule has 2 rings (SSSR count). The van der Waals surface area contributed by atoms with Crippen LogP contribution in [0, 0.1) is 0 Å². The third-order valence-electron chi connectivity index (χ3n) is 4.15. The summed E-state index contributed by atoms with van der Waals surface area (Å²) in [7, 11) is -4.39. The molecule has 1 saturated heterocycles. The number of sulfone groups is 1. The Bertz CT molecular complexity index is 802. The van der Waals surface area contributed by atoms with Gasteiger partial charge in [-0.3, -0.25) is 0 Å². The zero-order chi connectivity index (χ0) is 20.6. The number of hydrogen-bond acceptors (Lipinski definition) is 5. The van der Waals surface area contributed by atoms with Gasteiger partial charge in [-0.1, -0.05) is 12.1 Å². The Balaban J connectivity index is 2.35. The lowest BCUT2D eigenvalue weighted by Crippen LogP contribution is -2.41. The van der Waals surface area contributed by atoms with E-state index < -0.39 is 56.1 Å². The van der Waals surface area contributed by atoms with Crippen molar-refractivity contribution in [3.8, 4) is 0 Å². The van der Waals surface area contributed by atoms with E-state index in [9.17, 15) is 31.5 Å². The van der Waals surface area contributed by atoms with E-state index in [0.29, 0.717) is 6.07 Å². The maximum Gasteiger partial charge on any atom is 0.417 e. The number of rotatable bonds is 3. The largest absolute Gasteiger partial charge is 0.444 e. The standard InChI is InChI=1S/C17H22F3NO5S/c1-16(2,3)26-15(23)21-9-12(8-11(21)10-22)27(24,25)14-7-5-4-6-13(14)17(18,19)20/h4-7,11-12,22H,8-10H2,1-3H3/t11-,12+/m1/s1. The Hall–Kier alpha value is -1.81. The Morgan fingerprint density at radius 2 is 1.85 bits per heavy atom. The summed E-state index contributed by atoms with van der Waals surface area (Å²) in [6, 6.07) is 3.09. The molecule has 0 radical (unpaired) electrons. The van der Waals surface area contributed by atoms with Crippen LogP contribution in [0.15, 0.2) is 29.2 Å². The molecule has 1 aliphatic heterocycles. The van der Waals surface area contributed by atoms with E-state index in [1.807, 2.05) is 0 Å². The summed E-state index contributed by atoms with van der Waals surface area (Å²) in [6.45, 7) is 4.01. The third-order valence-corrected chi connectivity index (χ3v) is 6.34. The number of benzene rings is 1. The molecule has 152 valence electrons. The molecule has 0 aliphatic carbocycles. The first-order valence-corrected chi connectivity index (χ1v) is 9.82. The second-order valence-electron chi connectivity index (χ2n) is 7.37. The van der Waals surface area contributed by atoms with Gasteiger partial charge in [0.15, 0.2) is 9.84 Å². The van der Waals surface area contributed by atoms with Gasteiger partial charge < -0.3 is 14.7 Å². The van der Waals surface area contributed by atoms with Crippen molar-refractivity contribution in [3.05, 3.63) is 29.8 Å². The Morgan fingerprint density at radius 3 is 2.37 bits per heavy atom. The molecule has 2 atom stereocenters. The maximum absolute atomic E-state index is 13.2.